The number of carbonyl (C=O) groups excluding carboxylic acids is 2. The van der Waals surface area contributed by atoms with Gasteiger partial charge in [0.05, 0.1) is 17.8 Å². The zero-order chi connectivity index (χ0) is 17.8. The molecule has 0 bridgehead atoms. The molecule has 1 atom stereocenters. The first-order valence-electron chi connectivity index (χ1n) is 8.48. The lowest BCUT2D eigenvalue weighted by Crippen LogP contribution is -2.44. The lowest BCUT2D eigenvalue weighted by atomic mass is 9.96. The van der Waals surface area contributed by atoms with E-state index in [2.05, 4.69) is 15.3 Å². The maximum atomic E-state index is 12.6. The molecule has 0 aliphatic carbocycles. The molecule has 0 radical (unpaired) electrons. The van der Waals surface area contributed by atoms with Gasteiger partial charge in [-0.1, -0.05) is 17.7 Å². The van der Waals surface area contributed by atoms with Gasteiger partial charge in [0.15, 0.2) is 0 Å². The number of nitrogens with one attached hydrogen (secondary N) is 1. The molecule has 3 rings (SSSR count). The summed E-state index contributed by atoms with van der Waals surface area (Å²) in [6.45, 7) is 4.88. The topological polar surface area (TPSA) is 75.2 Å². The summed E-state index contributed by atoms with van der Waals surface area (Å²) in [4.78, 5) is 35.1. The first-order valence-corrected chi connectivity index (χ1v) is 8.48. The van der Waals surface area contributed by atoms with Crippen LogP contribution in [-0.2, 0) is 4.79 Å². The van der Waals surface area contributed by atoms with Crippen LogP contribution in [0.3, 0.4) is 0 Å². The van der Waals surface area contributed by atoms with Gasteiger partial charge in [-0.3, -0.25) is 14.6 Å². The van der Waals surface area contributed by atoms with Gasteiger partial charge in [-0.15, -0.1) is 0 Å². The molecule has 25 heavy (non-hydrogen) atoms. The molecule has 0 spiro atoms. The Morgan fingerprint density at radius 2 is 1.88 bits per heavy atom. The number of benzene rings is 1. The van der Waals surface area contributed by atoms with Crippen LogP contribution in [0.15, 0.2) is 36.7 Å². The molecule has 0 unspecified atom stereocenters. The average molecular weight is 338 g/mol. The highest BCUT2D eigenvalue weighted by molar-refractivity contribution is 5.95. The monoisotopic (exact) mass is 338 g/mol. The third-order valence-corrected chi connectivity index (χ3v) is 4.40. The molecule has 1 fully saturated rings. The number of amides is 2. The van der Waals surface area contributed by atoms with E-state index in [1.165, 1.54) is 6.20 Å². The number of aryl methyl sites for hydroxylation is 2. The number of hydrogen-bond donors (Lipinski definition) is 1. The summed E-state index contributed by atoms with van der Waals surface area (Å²) < 4.78 is 0. The quantitative estimate of drug-likeness (QED) is 0.933. The van der Waals surface area contributed by atoms with E-state index in [1.807, 2.05) is 38.1 Å². The molecule has 1 aliphatic rings. The Hall–Kier alpha value is -2.76. The van der Waals surface area contributed by atoms with Gasteiger partial charge in [0, 0.05) is 25.0 Å². The molecule has 130 valence electrons. The number of hydrogen-bond acceptors (Lipinski definition) is 4. The average Bonchev–Trinajstić information content (AvgIpc) is 2.64. The van der Waals surface area contributed by atoms with E-state index in [4.69, 9.17) is 0 Å². The fraction of sp³-hybridized carbons (Fsp3) is 0.368. The Bertz CT molecular complexity index is 756. The molecule has 1 saturated heterocycles. The van der Waals surface area contributed by atoms with E-state index in [1.54, 1.807) is 11.1 Å². The molecule has 1 aromatic carbocycles. The molecule has 2 heterocycles. The van der Waals surface area contributed by atoms with Crippen LogP contribution in [0.25, 0.3) is 0 Å². The molecule has 0 saturated carbocycles. The van der Waals surface area contributed by atoms with Gasteiger partial charge < -0.3 is 10.2 Å². The minimum absolute atomic E-state index is 0.0451. The largest absolute Gasteiger partial charge is 0.336 e. The number of likely N-dealkylation sites (tertiary alicyclic amines) is 1. The van der Waals surface area contributed by atoms with Crippen molar-refractivity contribution in [3.63, 3.8) is 0 Å². The van der Waals surface area contributed by atoms with Crippen molar-refractivity contribution in [3.05, 3.63) is 53.6 Å². The van der Waals surface area contributed by atoms with Crippen molar-refractivity contribution in [2.45, 2.75) is 26.7 Å². The predicted molar refractivity (Wildman–Crippen MR) is 95.2 cm³/mol. The van der Waals surface area contributed by atoms with Crippen molar-refractivity contribution in [2.75, 3.05) is 18.4 Å². The molecule has 6 heteroatoms. The Morgan fingerprint density at radius 3 is 2.56 bits per heavy atom. The van der Waals surface area contributed by atoms with Crippen molar-refractivity contribution < 1.29 is 9.59 Å². The summed E-state index contributed by atoms with van der Waals surface area (Å²) in [5.74, 6) is -0.422. The summed E-state index contributed by atoms with van der Waals surface area (Å²) in [5, 5.41) is 2.94. The van der Waals surface area contributed by atoms with Gasteiger partial charge in [-0.25, -0.2) is 4.98 Å². The van der Waals surface area contributed by atoms with Crippen LogP contribution in [0.1, 0.15) is 34.6 Å². The predicted octanol–water partition coefficient (Wildman–Crippen LogP) is 2.58. The molecule has 1 N–H and O–H groups in total. The fourth-order valence-electron chi connectivity index (χ4n) is 2.92. The third kappa shape index (κ3) is 4.21. The van der Waals surface area contributed by atoms with Crippen molar-refractivity contribution in [3.8, 4) is 0 Å². The molecular formula is C19H22N4O2. The molecule has 6 nitrogen and oxygen atoms in total. The zero-order valence-electron chi connectivity index (χ0n) is 14.5. The van der Waals surface area contributed by atoms with Crippen LogP contribution in [0.4, 0.5) is 5.69 Å². The maximum absolute atomic E-state index is 12.6. The standard InChI is InChI=1S/C19H22N4O2/c1-13-5-7-16(8-6-13)22-18(24)15-4-3-9-23(12-15)19(25)17-11-20-14(2)10-21-17/h5-8,10-11,15H,3-4,9,12H2,1-2H3,(H,22,24)/t15-/m1/s1. The van der Waals surface area contributed by atoms with Crippen LogP contribution in [-0.4, -0.2) is 39.8 Å². The van der Waals surface area contributed by atoms with E-state index in [9.17, 15) is 9.59 Å². The second kappa shape index (κ2) is 7.42. The molecule has 2 amide bonds. The van der Waals surface area contributed by atoms with E-state index >= 15 is 0 Å². The van der Waals surface area contributed by atoms with Crippen LogP contribution >= 0.6 is 0 Å². The number of rotatable bonds is 3. The second-order valence-electron chi connectivity index (χ2n) is 6.49. The van der Waals surface area contributed by atoms with E-state index in [-0.39, 0.29) is 17.7 Å². The van der Waals surface area contributed by atoms with Gasteiger partial charge >= 0.3 is 0 Å². The fourth-order valence-corrected chi connectivity index (χ4v) is 2.92. The summed E-state index contributed by atoms with van der Waals surface area (Å²) in [5.41, 5.74) is 3.02. The summed E-state index contributed by atoms with van der Waals surface area (Å²) in [6.07, 6.45) is 4.66. The van der Waals surface area contributed by atoms with Gasteiger partial charge in [-0.05, 0) is 38.8 Å². The summed E-state index contributed by atoms with van der Waals surface area (Å²) in [7, 11) is 0. The summed E-state index contributed by atoms with van der Waals surface area (Å²) >= 11 is 0. The summed E-state index contributed by atoms with van der Waals surface area (Å²) in [6, 6.07) is 7.70. The number of anilines is 1. The highest BCUT2D eigenvalue weighted by atomic mass is 16.2. The number of carbonyl (C=O) groups is 2. The smallest absolute Gasteiger partial charge is 0.274 e. The Morgan fingerprint density at radius 1 is 1.12 bits per heavy atom. The minimum atomic E-state index is -0.211. The first kappa shape index (κ1) is 17.1. The highest BCUT2D eigenvalue weighted by Gasteiger charge is 2.29. The SMILES string of the molecule is Cc1ccc(NC(=O)[C@@H]2CCCN(C(=O)c3cnc(C)cn3)C2)cc1. The van der Waals surface area contributed by atoms with Crippen molar-refractivity contribution in [2.24, 2.45) is 5.92 Å². The van der Waals surface area contributed by atoms with Crippen LogP contribution in [0, 0.1) is 19.8 Å². The van der Waals surface area contributed by atoms with Gasteiger partial charge in [0.1, 0.15) is 5.69 Å². The number of aromatic nitrogens is 2. The third-order valence-electron chi connectivity index (χ3n) is 4.40. The van der Waals surface area contributed by atoms with Crippen LogP contribution in [0.2, 0.25) is 0 Å². The highest BCUT2D eigenvalue weighted by Crippen LogP contribution is 2.20. The van der Waals surface area contributed by atoms with Crippen molar-refractivity contribution in [1.29, 1.82) is 0 Å². The lowest BCUT2D eigenvalue weighted by molar-refractivity contribution is -0.121. The molecule has 1 aromatic heterocycles. The lowest BCUT2D eigenvalue weighted by Gasteiger charge is -2.31. The Kier molecular flexibility index (Phi) is 5.07. The van der Waals surface area contributed by atoms with Gasteiger partial charge in [0.25, 0.3) is 5.91 Å². The van der Waals surface area contributed by atoms with Gasteiger partial charge in [0.2, 0.25) is 5.91 Å². The number of piperidine rings is 1. The van der Waals surface area contributed by atoms with E-state index < -0.39 is 0 Å². The van der Waals surface area contributed by atoms with Crippen LogP contribution in [0.5, 0.6) is 0 Å². The van der Waals surface area contributed by atoms with Crippen molar-refractivity contribution >= 4 is 17.5 Å². The second-order valence-corrected chi connectivity index (χ2v) is 6.49. The first-order chi connectivity index (χ1) is 12.0. The van der Waals surface area contributed by atoms with Gasteiger partial charge in [-0.2, -0.15) is 0 Å². The number of nitrogens with zero attached hydrogens (tertiary/aromatic N) is 3. The van der Waals surface area contributed by atoms with Crippen LogP contribution < -0.4 is 5.32 Å². The molecule has 2 aromatic rings. The minimum Gasteiger partial charge on any atom is -0.336 e. The Labute approximate surface area is 147 Å². The molecule has 1 aliphatic heterocycles. The zero-order valence-corrected chi connectivity index (χ0v) is 14.5. The maximum Gasteiger partial charge on any atom is 0.274 e. The van der Waals surface area contributed by atoms with Crippen molar-refractivity contribution in [1.82, 2.24) is 14.9 Å². The Balaban J connectivity index is 1.63. The van der Waals surface area contributed by atoms with E-state index in [0.717, 1.165) is 29.8 Å². The molecular weight excluding hydrogens is 316 g/mol. The normalized spacial score (nSPS) is 17.2. The van der Waals surface area contributed by atoms with E-state index in [0.29, 0.717) is 18.8 Å².